The first-order chi connectivity index (χ1) is 11.0. The van der Waals surface area contributed by atoms with Crippen molar-refractivity contribution < 1.29 is 22.6 Å². The lowest BCUT2D eigenvalue weighted by molar-refractivity contribution is -0.143. The van der Waals surface area contributed by atoms with E-state index >= 15 is 0 Å². The average molecular weight is 331 g/mol. The topological polar surface area (TPSA) is 47.5 Å². The van der Waals surface area contributed by atoms with E-state index in [1.165, 1.54) is 6.20 Å². The van der Waals surface area contributed by atoms with Crippen LogP contribution in [0.15, 0.2) is 12.4 Å². The SMILES string of the molecule is COCC12CCCN1C(COc1nccnc1C(F)(F)F)CC2. The van der Waals surface area contributed by atoms with Crippen molar-refractivity contribution in [1.82, 2.24) is 14.9 Å². The van der Waals surface area contributed by atoms with Crippen molar-refractivity contribution in [1.29, 1.82) is 0 Å². The lowest BCUT2D eigenvalue weighted by Gasteiger charge is -2.34. The highest BCUT2D eigenvalue weighted by Crippen LogP contribution is 2.42. The lowest BCUT2D eigenvalue weighted by Crippen LogP contribution is -2.47. The van der Waals surface area contributed by atoms with Crippen LogP contribution in [-0.4, -0.2) is 53.3 Å². The van der Waals surface area contributed by atoms with Crippen LogP contribution in [0.2, 0.25) is 0 Å². The molecule has 0 amide bonds. The molecule has 0 bridgehead atoms. The van der Waals surface area contributed by atoms with Crippen molar-refractivity contribution in [3.05, 3.63) is 18.1 Å². The van der Waals surface area contributed by atoms with Crippen LogP contribution < -0.4 is 4.74 Å². The smallest absolute Gasteiger partial charge is 0.438 e. The first kappa shape index (κ1) is 16.4. The zero-order chi connectivity index (χ0) is 16.5. The van der Waals surface area contributed by atoms with E-state index in [0.717, 1.165) is 38.4 Å². The highest BCUT2D eigenvalue weighted by atomic mass is 19.4. The fraction of sp³-hybridized carbons (Fsp3) is 0.733. The molecule has 2 unspecified atom stereocenters. The number of methoxy groups -OCH3 is 1. The molecule has 3 rings (SSSR count). The fourth-order valence-electron chi connectivity index (χ4n) is 3.86. The molecule has 0 aromatic carbocycles. The van der Waals surface area contributed by atoms with Crippen LogP contribution >= 0.6 is 0 Å². The van der Waals surface area contributed by atoms with E-state index in [0.29, 0.717) is 6.61 Å². The Hall–Kier alpha value is -1.41. The molecular weight excluding hydrogens is 311 g/mol. The number of fused-ring (bicyclic) bond motifs is 1. The predicted molar refractivity (Wildman–Crippen MR) is 76.1 cm³/mol. The molecule has 0 aliphatic carbocycles. The summed E-state index contributed by atoms with van der Waals surface area (Å²) in [6, 6.07) is 0.0933. The highest BCUT2D eigenvalue weighted by molar-refractivity contribution is 5.20. The second-order valence-corrected chi connectivity index (χ2v) is 6.17. The molecule has 5 nitrogen and oxygen atoms in total. The van der Waals surface area contributed by atoms with E-state index in [4.69, 9.17) is 9.47 Å². The first-order valence-electron chi connectivity index (χ1n) is 7.73. The number of nitrogens with zero attached hydrogens (tertiary/aromatic N) is 3. The molecule has 3 heterocycles. The molecule has 0 saturated carbocycles. The Balaban J connectivity index is 1.68. The summed E-state index contributed by atoms with van der Waals surface area (Å²) < 4.78 is 49.5. The van der Waals surface area contributed by atoms with Crippen LogP contribution in [-0.2, 0) is 10.9 Å². The van der Waals surface area contributed by atoms with E-state index in [1.54, 1.807) is 7.11 Å². The third-order valence-corrected chi connectivity index (χ3v) is 4.79. The maximum absolute atomic E-state index is 12.9. The number of aromatic nitrogens is 2. The monoisotopic (exact) mass is 331 g/mol. The fourth-order valence-corrected chi connectivity index (χ4v) is 3.86. The Morgan fingerprint density at radius 3 is 2.83 bits per heavy atom. The quantitative estimate of drug-likeness (QED) is 0.830. The third kappa shape index (κ3) is 3.14. The van der Waals surface area contributed by atoms with Crippen molar-refractivity contribution in [2.45, 2.75) is 43.4 Å². The molecular formula is C15H20F3N3O2. The summed E-state index contributed by atoms with van der Waals surface area (Å²) in [6.45, 7) is 1.78. The van der Waals surface area contributed by atoms with Gasteiger partial charge in [-0.15, -0.1) is 0 Å². The van der Waals surface area contributed by atoms with Crippen LogP contribution in [0.25, 0.3) is 0 Å². The second kappa shape index (κ2) is 6.24. The zero-order valence-electron chi connectivity index (χ0n) is 13.0. The minimum Gasteiger partial charge on any atom is -0.474 e. The molecule has 1 aromatic heterocycles. The van der Waals surface area contributed by atoms with Crippen LogP contribution in [0.3, 0.4) is 0 Å². The number of halogens is 3. The molecule has 0 radical (unpaired) electrons. The molecule has 0 N–H and O–H groups in total. The van der Waals surface area contributed by atoms with Gasteiger partial charge in [-0.2, -0.15) is 13.2 Å². The second-order valence-electron chi connectivity index (χ2n) is 6.17. The average Bonchev–Trinajstić information content (AvgIpc) is 3.04. The number of ether oxygens (including phenoxy) is 2. The Labute approximate surface area is 132 Å². The van der Waals surface area contributed by atoms with Gasteiger partial charge in [-0.3, -0.25) is 4.90 Å². The van der Waals surface area contributed by atoms with Gasteiger partial charge in [-0.1, -0.05) is 0 Å². The maximum Gasteiger partial charge on any atom is 0.438 e. The number of alkyl halides is 3. The highest BCUT2D eigenvalue weighted by Gasteiger charge is 2.49. The summed E-state index contributed by atoms with van der Waals surface area (Å²) >= 11 is 0. The maximum atomic E-state index is 12.9. The van der Waals surface area contributed by atoms with Gasteiger partial charge < -0.3 is 9.47 Å². The number of rotatable bonds is 5. The van der Waals surface area contributed by atoms with Gasteiger partial charge in [0.25, 0.3) is 0 Å². The summed E-state index contributed by atoms with van der Waals surface area (Å²) in [5.41, 5.74) is -1.04. The number of hydrogen-bond donors (Lipinski definition) is 0. The molecule has 0 spiro atoms. The van der Waals surface area contributed by atoms with Crippen molar-refractivity contribution in [2.24, 2.45) is 0 Å². The Kier molecular flexibility index (Phi) is 4.46. The van der Waals surface area contributed by atoms with E-state index in [2.05, 4.69) is 14.9 Å². The number of hydrogen-bond acceptors (Lipinski definition) is 5. The summed E-state index contributed by atoms with van der Waals surface area (Å²) in [5.74, 6) is -0.441. The molecule has 2 fully saturated rings. The molecule has 23 heavy (non-hydrogen) atoms. The van der Waals surface area contributed by atoms with E-state index < -0.39 is 17.8 Å². The standard InChI is InChI=1S/C15H20F3N3O2/c1-22-10-14-4-2-8-21(14)11(3-5-14)9-23-13-12(15(16,17)18)19-6-7-20-13/h6-7,11H,2-5,8-10H2,1H3. The minimum absolute atomic E-state index is 0.0258. The normalized spacial score (nSPS) is 28.1. The zero-order valence-corrected chi connectivity index (χ0v) is 13.0. The van der Waals surface area contributed by atoms with Gasteiger partial charge in [0, 0.05) is 31.1 Å². The molecule has 8 heteroatoms. The molecule has 128 valence electrons. The van der Waals surface area contributed by atoms with Crippen molar-refractivity contribution >= 4 is 0 Å². The van der Waals surface area contributed by atoms with E-state index in [1.807, 2.05) is 0 Å². The largest absolute Gasteiger partial charge is 0.474 e. The predicted octanol–water partition coefficient (Wildman–Crippen LogP) is 2.52. The van der Waals surface area contributed by atoms with Crippen molar-refractivity contribution in [3.8, 4) is 5.88 Å². The molecule has 1 aromatic rings. The van der Waals surface area contributed by atoms with Gasteiger partial charge in [0.1, 0.15) is 6.61 Å². The summed E-state index contributed by atoms with van der Waals surface area (Å²) in [4.78, 5) is 9.39. The van der Waals surface area contributed by atoms with Gasteiger partial charge in [0.15, 0.2) is 0 Å². The van der Waals surface area contributed by atoms with Gasteiger partial charge in [-0.25, -0.2) is 9.97 Å². The Bertz CT molecular complexity index is 555. The summed E-state index contributed by atoms with van der Waals surface area (Å²) in [7, 11) is 1.68. The van der Waals surface area contributed by atoms with Crippen molar-refractivity contribution in [2.75, 3.05) is 26.9 Å². The lowest BCUT2D eigenvalue weighted by atomic mass is 9.95. The van der Waals surface area contributed by atoms with Crippen LogP contribution in [0, 0.1) is 0 Å². The molecule has 2 atom stereocenters. The van der Waals surface area contributed by atoms with Gasteiger partial charge >= 0.3 is 6.18 Å². The van der Waals surface area contributed by atoms with Gasteiger partial charge in [0.2, 0.25) is 11.6 Å². The molecule has 2 saturated heterocycles. The van der Waals surface area contributed by atoms with Gasteiger partial charge in [-0.05, 0) is 32.2 Å². The third-order valence-electron chi connectivity index (χ3n) is 4.79. The Morgan fingerprint density at radius 2 is 2.09 bits per heavy atom. The van der Waals surface area contributed by atoms with Crippen LogP contribution in [0.4, 0.5) is 13.2 Å². The molecule has 2 aliphatic heterocycles. The Morgan fingerprint density at radius 1 is 1.30 bits per heavy atom. The summed E-state index contributed by atoms with van der Waals surface area (Å²) in [5, 5.41) is 0. The van der Waals surface area contributed by atoms with Crippen molar-refractivity contribution in [3.63, 3.8) is 0 Å². The summed E-state index contributed by atoms with van der Waals surface area (Å²) in [6.07, 6.45) is 1.70. The minimum atomic E-state index is -4.56. The van der Waals surface area contributed by atoms with Gasteiger partial charge in [0.05, 0.1) is 6.61 Å². The van der Waals surface area contributed by atoms with Crippen LogP contribution in [0.5, 0.6) is 5.88 Å². The first-order valence-corrected chi connectivity index (χ1v) is 7.73. The van der Waals surface area contributed by atoms with Crippen LogP contribution in [0.1, 0.15) is 31.4 Å². The van der Waals surface area contributed by atoms with E-state index in [-0.39, 0.29) is 18.2 Å². The molecule has 2 aliphatic rings. The van der Waals surface area contributed by atoms with E-state index in [9.17, 15) is 13.2 Å².